The Balaban J connectivity index is 1.03. The van der Waals surface area contributed by atoms with E-state index >= 15 is 0 Å². The molecule has 0 spiro atoms. The van der Waals surface area contributed by atoms with Gasteiger partial charge in [0.2, 0.25) is 5.95 Å². The normalized spacial score (nSPS) is 12.2. The van der Waals surface area contributed by atoms with Gasteiger partial charge in [0.25, 0.3) is 20.2 Å². The van der Waals surface area contributed by atoms with Crippen LogP contribution in [0.1, 0.15) is 59.6 Å². The Bertz CT molecular complexity index is 3370. The number of nitrogens with zero attached hydrogens (tertiary/aromatic N) is 11. The second-order valence-corrected chi connectivity index (χ2v) is 18.8. The van der Waals surface area contributed by atoms with E-state index in [1.807, 2.05) is 50.2 Å². The predicted octanol–water partition coefficient (Wildman–Crippen LogP) is 12.9. The van der Waals surface area contributed by atoms with Gasteiger partial charge >= 0.3 is 5.97 Å². The van der Waals surface area contributed by atoms with Crippen LogP contribution in [0.15, 0.2) is 184 Å². The highest BCUT2D eigenvalue weighted by Gasteiger charge is 2.18. The molecule has 0 unspecified atom stereocenters. The Hall–Kier alpha value is -8.18. The summed E-state index contributed by atoms with van der Waals surface area (Å²) in [5.74, 6) is 0.580. The van der Waals surface area contributed by atoms with Crippen molar-refractivity contribution in [3.63, 3.8) is 0 Å². The molecule has 0 bridgehead atoms. The average molecular weight is 995 g/mol. The number of carbonyl (C=O) groups is 1. The van der Waals surface area contributed by atoms with Gasteiger partial charge < -0.3 is 10.4 Å². The third-order valence-electron chi connectivity index (χ3n) is 10.4. The van der Waals surface area contributed by atoms with Crippen molar-refractivity contribution in [2.45, 2.75) is 62.2 Å². The second kappa shape index (κ2) is 23.4. The maximum atomic E-state index is 12.3. The number of aryl methyl sites for hydroxylation is 2. The predicted molar refractivity (Wildman–Crippen MR) is 264 cm³/mol. The van der Waals surface area contributed by atoms with Gasteiger partial charge in [-0.25, -0.2) is 4.98 Å². The standard InChI is InChI=1S/C49H46N12O8S2/c1-32-27-34(12-23-42(32)59-57-38-16-14-37(15-17-38)55-56-39-18-21-41(22-19-39)70(64,65)66)29-46-51-47(53-49(52-46)50-26-8-4-7-11-48(62)63)30-35-13-24-43(33(2)28-35)60-61-44-25-20-40(31-45(44)71(67,68)69)58-54-36-9-5-3-6-10-36/h3,5-6,9-10,12-25,27-28,31H,4,7-8,11,26,29-30H2,1-2H3,(H,62,63)(H,64,65,66)(H,67,68,69)(H,50,51,52,53). The quantitative estimate of drug-likeness (QED) is 0.0297. The van der Waals surface area contributed by atoms with Gasteiger partial charge in [-0.05, 0) is 140 Å². The van der Waals surface area contributed by atoms with Crippen molar-refractivity contribution < 1.29 is 35.8 Å². The highest BCUT2D eigenvalue weighted by molar-refractivity contribution is 7.86. The number of azo groups is 4. The third kappa shape index (κ3) is 15.4. The first-order chi connectivity index (χ1) is 34.0. The van der Waals surface area contributed by atoms with Crippen LogP contribution in [0.5, 0.6) is 0 Å². The highest BCUT2D eigenvalue weighted by Crippen LogP contribution is 2.33. The molecule has 0 fully saturated rings. The van der Waals surface area contributed by atoms with Crippen molar-refractivity contribution in [2.24, 2.45) is 40.9 Å². The minimum absolute atomic E-state index is 0.0814. The highest BCUT2D eigenvalue weighted by atomic mass is 32.2. The topological polar surface area (TPSA) is 296 Å². The molecule has 0 saturated carbocycles. The molecule has 7 rings (SSSR count). The van der Waals surface area contributed by atoms with Crippen molar-refractivity contribution in [1.29, 1.82) is 0 Å². The molecule has 1 heterocycles. The molecule has 20 nitrogen and oxygen atoms in total. The number of anilines is 1. The molecule has 0 aliphatic carbocycles. The summed E-state index contributed by atoms with van der Waals surface area (Å²) < 4.78 is 66.4. The number of rotatable bonds is 21. The first-order valence-electron chi connectivity index (χ1n) is 21.9. The van der Waals surface area contributed by atoms with E-state index in [2.05, 4.69) is 46.2 Å². The van der Waals surface area contributed by atoms with E-state index in [-0.39, 0.29) is 22.7 Å². The lowest BCUT2D eigenvalue weighted by Crippen LogP contribution is -2.12. The summed E-state index contributed by atoms with van der Waals surface area (Å²) in [7, 11) is -8.99. The summed E-state index contributed by atoms with van der Waals surface area (Å²) in [6.07, 6.45) is 2.82. The fourth-order valence-electron chi connectivity index (χ4n) is 6.80. The number of benzene rings is 6. The van der Waals surface area contributed by atoms with E-state index in [0.29, 0.717) is 77.5 Å². The van der Waals surface area contributed by atoms with Crippen LogP contribution < -0.4 is 5.32 Å². The fourth-order valence-corrected chi connectivity index (χ4v) is 7.92. The number of carboxylic acid groups (broad SMARTS) is 1. The van der Waals surface area contributed by atoms with Gasteiger partial charge in [-0.2, -0.15) is 62.6 Å². The lowest BCUT2D eigenvalue weighted by atomic mass is 10.1. The maximum absolute atomic E-state index is 12.3. The summed E-state index contributed by atoms with van der Waals surface area (Å²) in [5.41, 5.74) is 6.72. The number of aromatic nitrogens is 3. The van der Waals surface area contributed by atoms with Crippen LogP contribution in [0.25, 0.3) is 0 Å². The van der Waals surface area contributed by atoms with Crippen LogP contribution in [-0.4, -0.2) is 58.5 Å². The van der Waals surface area contributed by atoms with Crippen molar-refractivity contribution in [3.05, 3.63) is 167 Å². The average Bonchev–Trinajstić information content (AvgIpc) is 3.33. The van der Waals surface area contributed by atoms with Gasteiger partial charge in [0, 0.05) is 25.8 Å². The zero-order valence-electron chi connectivity index (χ0n) is 38.3. The van der Waals surface area contributed by atoms with Crippen LogP contribution in [0.3, 0.4) is 0 Å². The number of nitrogens with one attached hydrogen (secondary N) is 1. The molecule has 1 aromatic heterocycles. The first kappa shape index (κ1) is 50.7. The van der Waals surface area contributed by atoms with Gasteiger partial charge in [0.1, 0.15) is 22.2 Å². The van der Waals surface area contributed by atoms with E-state index in [1.165, 1.54) is 42.5 Å². The van der Waals surface area contributed by atoms with Crippen LogP contribution in [-0.2, 0) is 37.9 Å². The molecule has 22 heteroatoms. The van der Waals surface area contributed by atoms with Gasteiger partial charge in [0.05, 0.1) is 44.7 Å². The molecule has 0 radical (unpaired) electrons. The fraction of sp³-hybridized carbons (Fsp3) is 0.184. The minimum atomic E-state index is -4.69. The van der Waals surface area contributed by atoms with Gasteiger partial charge in [-0.15, -0.1) is 5.11 Å². The van der Waals surface area contributed by atoms with Gasteiger partial charge in [0.15, 0.2) is 0 Å². The zero-order valence-corrected chi connectivity index (χ0v) is 39.9. The summed E-state index contributed by atoms with van der Waals surface area (Å²) in [4.78, 5) is 24.5. The Labute approximate surface area is 409 Å². The number of aliphatic carboxylic acids is 1. The lowest BCUT2D eigenvalue weighted by Gasteiger charge is -2.11. The van der Waals surface area contributed by atoms with Crippen molar-refractivity contribution in [2.75, 3.05) is 11.9 Å². The molecular formula is C49H46N12O8S2. The number of carboxylic acids is 1. The number of hydrogen-bond donors (Lipinski definition) is 4. The minimum Gasteiger partial charge on any atom is -0.481 e. The van der Waals surface area contributed by atoms with Crippen LogP contribution in [0, 0.1) is 13.8 Å². The van der Waals surface area contributed by atoms with Crippen molar-refractivity contribution >= 4 is 77.7 Å². The molecule has 7 aromatic rings. The summed E-state index contributed by atoms with van der Waals surface area (Å²) in [5, 5.41) is 46.0. The van der Waals surface area contributed by atoms with Crippen LogP contribution in [0.2, 0.25) is 0 Å². The molecule has 0 aliphatic heterocycles. The smallest absolute Gasteiger partial charge is 0.303 e. The van der Waals surface area contributed by atoms with Crippen LogP contribution >= 0.6 is 0 Å². The second-order valence-electron chi connectivity index (χ2n) is 16.0. The SMILES string of the molecule is Cc1cc(Cc2nc(Cc3ccc(N=Nc4ccc(N=Nc5ccccc5)cc4S(=O)(=O)O)c(C)c3)nc(NCCCCCC(=O)O)n2)ccc1N=Nc1ccc(N=Nc2ccc(S(=O)(=O)O)cc2)cc1. The van der Waals surface area contributed by atoms with E-state index in [1.54, 1.807) is 54.6 Å². The Morgan fingerprint density at radius 1 is 0.507 bits per heavy atom. The summed E-state index contributed by atoms with van der Waals surface area (Å²) in [6.45, 7) is 4.29. The monoisotopic (exact) mass is 994 g/mol. The summed E-state index contributed by atoms with van der Waals surface area (Å²) in [6, 6.07) is 36.5. The van der Waals surface area contributed by atoms with E-state index in [4.69, 9.17) is 24.6 Å². The van der Waals surface area contributed by atoms with Gasteiger partial charge in [-0.3, -0.25) is 13.9 Å². The molecule has 362 valence electrons. The Morgan fingerprint density at radius 3 is 1.49 bits per heavy atom. The van der Waals surface area contributed by atoms with E-state index < -0.39 is 31.1 Å². The first-order valence-corrected chi connectivity index (χ1v) is 24.8. The third-order valence-corrected chi connectivity index (χ3v) is 12.1. The molecule has 71 heavy (non-hydrogen) atoms. The Morgan fingerprint density at radius 2 is 0.972 bits per heavy atom. The molecular weight excluding hydrogens is 949 g/mol. The largest absolute Gasteiger partial charge is 0.481 e. The zero-order chi connectivity index (χ0) is 50.4. The lowest BCUT2D eigenvalue weighted by molar-refractivity contribution is -0.137. The van der Waals surface area contributed by atoms with Crippen molar-refractivity contribution in [3.8, 4) is 0 Å². The maximum Gasteiger partial charge on any atom is 0.303 e. The number of hydrogen-bond acceptors (Lipinski definition) is 17. The molecule has 0 saturated heterocycles. The molecule has 4 N–H and O–H groups in total. The molecule has 6 aromatic carbocycles. The van der Waals surface area contributed by atoms with E-state index in [0.717, 1.165) is 35.1 Å². The summed E-state index contributed by atoms with van der Waals surface area (Å²) >= 11 is 0. The molecule has 0 aliphatic rings. The van der Waals surface area contributed by atoms with Crippen molar-refractivity contribution in [1.82, 2.24) is 15.0 Å². The Kier molecular flexibility index (Phi) is 16.7. The molecule has 0 atom stereocenters. The van der Waals surface area contributed by atoms with Gasteiger partial charge in [-0.1, -0.05) is 48.9 Å². The number of unbranched alkanes of at least 4 members (excludes halogenated alkanes) is 2. The van der Waals surface area contributed by atoms with Crippen LogP contribution in [0.4, 0.5) is 51.4 Å². The molecule has 0 amide bonds. The van der Waals surface area contributed by atoms with E-state index in [9.17, 15) is 26.2 Å².